The quantitative estimate of drug-likeness (QED) is 0.811. The molecule has 0 radical (unpaired) electrons. The maximum absolute atomic E-state index is 12.4. The number of carbonyl (C=O) groups excluding carboxylic acids is 1. The van der Waals surface area contributed by atoms with E-state index in [9.17, 15) is 18.0 Å². The third-order valence-electron chi connectivity index (χ3n) is 3.59. The van der Waals surface area contributed by atoms with E-state index in [1.807, 2.05) is 6.92 Å². The van der Waals surface area contributed by atoms with Crippen molar-refractivity contribution in [3.63, 3.8) is 0 Å². The Balaban J connectivity index is 2.87. The second-order valence-electron chi connectivity index (χ2n) is 5.22. The van der Waals surface area contributed by atoms with Crippen LogP contribution in [0.5, 0.6) is 0 Å². The number of amides is 2. The van der Waals surface area contributed by atoms with Gasteiger partial charge in [-0.1, -0.05) is 6.92 Å². The van der Waals surface area contributed by atoms with E-state index in [0.717, 1.165) is 0 Å². The highest BCUT2D eigenvalue weighted by Gasteiger charge is 2.35. The molecule has 0 aromatic rings. The average molecular weight is 306 g/mol. The van der Waals surface area contributed by atoms with E-state index in [1.54, 1.807) is 13.8 Å². The van der Waals surface area contributed by atoms with Crippen molar-refractivity contribution in [1.29, 1.82) is 0 Å². The summed E-state index contributed by atoms with van der Waals surface area (Å²) in [5.41, 5.74) is 0. The van der Waals surface area contributed by atoms with Crippen LogP contribution in [-0.2, 0) is 14.6 Å². The lowest BCUT2D eigenvalue weighted by Crippen LogP contribution is -2.56. The summed E-state index contributed by atoms with van der Waals surface area (Å²) in [6.45, 7) is 5.08. The summed E-state index contributed by atoms with van der Waals surface area (Å²) in [6, 6.07) is -1.03. The Kier molecular flexibility index (Phi) is 5.38. The van der Waals surface area contributed by atoms with Gasteiger partial charge < -0.3 is 14.9 Å². The smallest absolute Gasteiger partial charge is 0.323 e. The van der Waals surface area contributed by atoms with Crippen LogP contribution in [0.3, 0.4) is 0 Å². The lowest BCUT2D eigenvalue weighted by atomic mass is 10.2. The molecule has 2 atom stereocenters. The summed E-state index contributed by atoms with van der Waals surface area (Å²) in [5, 5.41) is 8.92. The van der Waals surface area contributed by atoms with Gasteiger partial charge in [0.15, 0.2) is 9.84 Å². The van der Waals surface area contributed by atoms with Gasteiger partial charge in [-0.05, 0) is 20.3 Å². The van der Waals surface area contributed by atoms with Crippen LogP contribution in [0.25, 0.3) is 0 Å². The predicted octanol–water partition coefficient (Wildman–Crippen LogP) is 0.410. The van der Waals surface area contributed by atoms with Crippen LogP contribution in [0.4, 0.5) is 4.79 Å². The standard InChI is InChI=1S/C12H22N2O5S/c1-4-9(2)14(7-11(15)16)12(17)13-5-6-20(18,19)8-10(13)3/h9-10H,4-8H2,1-3H3,(H,15,16). The first kappa shape index (κ1) is 16.7. The van der Waals surface area contributed by atoms with Crippen molar-refractivity contribution >= 4 is 21.8 Å². The number of carboxylic acids is 1. The molecule has 1 fully saturated rings. The fraction of sp³-hybridized carbons (Fsp3) is 0.833. The number of hydrogen-bond acceptors (Lipinski definition) is 4. The van der Waals surface area contributed by atoms with Gasteiger partial charge in [0.25, 0.3) is 0 Å². The number of urea groups is 1. The molecule has 0 aliphatic carbocycles. The third-order valence-corrected chi connectivity index (χ3v) is 5.39. The van der Waals surface area contributed by atoms with Crippen LogP contribution < -0.4 is 0 Å². The van der Waals surface area contributed by atoms with Crippen molar-refractivity contribution in [3.05, 3.63) is 0 Å². The molecule has 1 N–H and O–H groups in total. The van der Waals surface area contributed by atoms with Crippen LogP contribution >= 0.6 is 0 Å². The molecule has 1 heterocycles. The van der Waals surface area contributed by atoms with Gasteiger partial charge in [0.2, 0.25) is 0 Å². The number of carboxylic acid groups (broad SMARTS) is 1. The summed E-state index contributed by atoms with van der Waals surface area (Å²) in [4.78, 5) is 26.1. The first-order chi connectivity index (χ1) is 9.18. The molecule has 0 aromatic carbocycles. The van der Waals surface area contributed by atoms with Gasteiger partial charge in [-0.3, -0.25) is 4.79 Å². The summed E-state index contributed by atoms with van der Waals surface area (Å²) in [5.74, 6) is -1.21. The Morgan fingerprint density at radius 1 is 1.45 bits per heavy atom. The fourth-order valence-electron chi connectivity index (χ4n) is 2.23. The van der Waals surface area contributed by atoms with Crippen molar-refractivity contribution in [2.75, 3.05) is 24.6 Å². The molecule has 1 aliphatic rings. The van der Waals surface area contributed by atoms with Crippen LogP contribution in [-0.4, -0.2) is 72.0 Å². The van der Waals surface area contributed by atoms with Crippen LogP contribution in [0.2, 0.25) is 0 Å². The number of sulfone groups is 1. The molecular formula is C12H22N2O5S. The van der Waals surface area contributed by atoms with E-state index in [-0.39, 0.29) is 30.6 Å². The van der Waals surface area contributed by atoms with Gasteiger partial charge in [0, 0.05) is 18.6 Å². The summed E-state index contributed by atoms with van der Waals surface area (Å²) >= 11 is 0. The van der Waals surface area contributed by atoms with Crippen LogP contribution in [0.15, 0.2) is 0 Å². The Hall–Kier alpha value is -1.31. The molecule has 2 amide bonds. The van der Waals surface area contributed by atoms with E-state index in [2.05, 4.69) is 0 Å². The molecule has 0 bridgehead atoms. The maximum atomic E-state index is 12.4. The Bertz CT molecular complexity index is 476. The van der Waals surface area contributed by atoms with E-state index < -0.39 is 27.9 Å². The van der Waals surface area contributed by atoms with Gasteiger partial charge in [0.1, 0.15) is 6.54 Å². The summed E-state index contributed by atoms with van der Waals surface area (Å²) < 4.78 is 23.0. The van der Waals surface area contributed by atoms with Crippen molar-refractivity contribution in [3.8, 4) is 0 Å². The minimum Gasteiger partial charge on any atom is -0.480 e. The van der Waals surface area contributed by atoms with Gasteiger partial charge in [-0.25, -0.2) is 13.2 Å². The maximum Gasteiger partial charge on any atom is 0.323 e. The van der Waals surface area contributed by atoms with E-state index in [4.69, 9.17) is 5.11 Å². The Morgan fingerprint density at radius 2 is 2.05 bits per heavy atom. The highest BCUT2D eigenvalue weighted by molar-refractivity contribution is 7.91. The highest BCUT2D eigenvalue weighted by Crippen LogP contribution is 2.16. The van der Waals surface area contributed by atoms with Crippen molar-refractivity contribution in [1.82, 2.24) is 9.80 Å². The van der Waals surface area contributed by atoms with Gasteiger partial charge >= 0.3 is 12.0 Å². The Labute approximate surface area is 119 Å². The summed E-state index contributed by atoms with van der Waals surface area (Å²) in [6.07, 6.45) is 0.638. The van der Waals surface area contributed by atoms with Gasteiger partial charge in [-0.15, -0.1) is 0 Å². The number of carbonyl (C=O) groups is 2. The summed E-state index contributed by atoms with van der Waals surface area (Å²) in [7, 11) is -3.10. The van der Waals surface area contributed by atoms with Crippen molar-refractivity contribution in [2.45, 2.75) is 39.3 Å². The normalized spacial score (nSPS) is 23.1. The molecule has 116 valence electrons. The molecule has 20 heavy (non-hydrogen) atoms. The number of hydrogen-bond donors (Lipinski definition) is 1. The van der Waals surface area contributed by atoms with E-state index in [1.165, 1.54) is 9.80 Å². The molecule has 1 aliphatic heterocycles. The van der Waals surface area contributed by atoms with Crippen LogP contribution in [0, 0.1) is 0 Å². The zero-order valence-electron chi connectivity index (χ0n) is 12.1. The molecule has 0 aromatic heterocycles. The number of rotatable bonds is 4. The SMILES string of the molecule is CCC(C)N(CC(=O)O)C(=O)N1CCS(=O)(=O)CC1C. The monoisotopic (exact) mass is 306 g/mol. The van der Waals surface area contributed by atoms with E-state index in [0.29, 0.717) is 6.42 Å². The molecule has 1 saturated heterocycles. The fourth-order valence-corrected chi connectivity index (χ4v) is 3.78. The zero-order valence-corrected chi connectivity index (χ0v) is 12.9. The molecular weight excluding hydrogens is 284 g/mol. The minimum atomic E-state index is -3.10. The van der Waals surface area contributed by atoms with Crippen LogP contribution in [0.1, 0.15) is 27.2 Å². The highest BCUT2D eigenvalue weighted by atomic mass is 32.2. The predicted molar refractivity (Wildman–Crippen MR) is 74.3 cm³/mol. The largest absolute Gasteiger partial charge is 0.480 e. The second kappa shape index (κ2) is 6.43. The zero-order chi connectivity index (χ0) is 15.5. The van der Waals surface area contributed by atoms with Gasteiger partial charge in [-0.2, -0.15) is 0 Å². The molecule has 0 saturated carbocycles. The minimum absolute atomic E-state index is 0.0650. The van der Waals surface area contributed by atoms with E-state index >= 15 is 0 Å². The molecule has 0 spiro atoms. The Morgan fingerprint density at radius 3 is 2.50 bits per heavy atom. The molecule has 7 nitrogen and oxygen atoms in total. The number of nitrogens with zero attached hydrogens (tertiary/aromatic N) is 2. The molecule has 2 unspecified atom stereocenters. The topological polar surface area (TPSA) is 95.0 Å². The molecule has 1 rings (SSSR count). The average Bonchev–Trinajstić information content (AvgIpc) is 2.33. The lowest BCUT2D eigenvalue weighted by Gasteiger charge is -2.38. The third kappa shape index (κ3) is 4.09. The van der Waals surface area contributed by atoms with Crippen molar-refractivity contribution < 1.29 is 23.1 Å². The first-order valence-corrected chi connectivity index (χ1v) is 8.49. The second-order valence-corrected chi connectivity index (χ2v) is 7.45. The first-order valence-electron chi connectivity index (χ1n) is 6.67. The molecule has 8 heteroatoms. The van der Waals surface area contributed by atoms with Gasteiger partial charge in [0.05, 0.1) is 11.5 Å². The number of aliphatic carboxylic acids is 1. The van der Waals surface area contributed by atoms with Crippen molar-refractivity contribution in [2.24, 2.45) is 0 Å². The lowest BCUT2D eigenvalue weighted by molar-refractivity contribution is -0.138.